The Hall–Kier alpha value is -1.88. The number of carbonyl (C=O) groups is 1. The molecule has 1 amide bonds. The number of benzene rings is 1. The number of H-pyrrole nitrogens is 1. The van der Waals surface area contributed by atoms with Gasteiger partial charge in [0.25, 0.3) is 5.91 Å². The van der Waals surface area contributed by atoms with Gasteiger partial charge in [0.1, 0.15) is 11.5 Å². The second-order valence-electron chi connectivity index (χ2n) is 5.27. The average molecular weight is 292 g/mol. The first-order valence-corrected chi connectivity index (χ1v) is 7.29. The van der Waals surface area contributed by atoms with Gasteiger partial charge in [0.05, 0.1) is 6.10 Å². The van der Waals surface area contributed by atoms with Crippen molar-refractivity contribution in [3.05, 3.63) is 35.8 Å². The van der Waals surface area contributed by atoms with Gasteiger partial charge in [-0.15, -0.1) is 0 Å². The first-order valence-electron chi connectivity index (χ1n) is 7.29. The van der Waals surface area contributed by atoms with Gasteiger partial charge in [-0.2, -0.15) is 0 Å². The highest BCUT2D eigenvalue weighted by Crippen LogP contribution is 2.17. The lowest BCUT2D eigenvalue weighted by molar-refractivity contribution is 0.0813. The summed E-state index contributed by atoms with van der Waals surface area (Å²) in [5, 5.41) is 13.4. The number of aromatic nitrogens is 1. The van der Waals surface area contributed by atoms with Crippen molar-refractivity contribution in [2.24, 2.45) is 5.92 Å². The smallest absolute Gasteiger partial charge is 0.267 e. The maximum atomic E-state index is 13.1. The van der Waals surface area contributed by atoms with Crippen molar-refractivity contribution in [3.8, 4) is 0 Å². The van der Waals surface area contributed by atoms with Gasteiger partial charge < -0.3 is 15.4 Å². The SMILES string of the molecule is CCC(CC)C(O)CNC(=O)c1cc2cc(F)ccc2[nH]1. The van der Waals surface area contributed by atoms with Crippen molar-refractivity contribution in [1.29, 1.82) is 0 Å². The zero-order valence-corrected chi connectivity index (χ0v) is 12.3. The Bertz CT molecular complexity index is 620. The van der Waals surface area contributed by atoms with Gasteiger partial charge in [0.2, 0.25) is 0 Å². The summed E-state index contributed by atoms with van der Waals surface area (Å²) in [5.41, 5.74) is 1.08. The van der Waals surface area contributed by atoms with Crippen LogP contribution in [0.15, 0.2) is 24.3 Å². The maximum Gasteiger partial charge on any atom is 0.267 e. The second-order valence-corrected chi connectivity index (χ2v) is 5.27. The molecule has 5 heteroatoms. The second kappa shape index (κ2) is 6.72. The Labute approximate surface area is 123 Å². The summed E-state index contributed by atoms with van der Waals surface area (Å²) >= 11 is 0. The Balaban J connectivity index is 2.02. The molecule has 2 aromatic rings. The highest BCUT2D eigenvalue weighted by atomic mass is 19.1. The molecule has 3 N–H and O–H groups in total. The molecule has 21 heavy (non-hydrogen) atoms. The molecule has 0 saturated carbocycles. The minimum atomic E-state index is -0.550. The van der Waals surface area contributed by atoms with Gasteiger partial charge in [-0.05, 0) is 30.2 Å². The number of nitrogens with one attached hydrogen (secondary N) is 2. The molecule has 0 radical (unpaired) electrons. The van der Waals surface area contributed by atoms with Crippen LogP contribution >= 0.6 is 0 Å². The van der Waals surface area contributed by atoms with Gasteiger partial charge in [-0.25, -0.2) is 4.39 Å². The molecule has 1 atom stereocenters. The highest BCUT2D eigenvalue weighted by Gasteiger charge is 2.17. The van der Waals surface area contributed by atoms with E-state index in [2.05, 4.69) is 10.3 Å². The van der Waals surface area contributed by atoms with E-state index in [-0.39, 0.29) is 24.2 Å². The monoisotopic (exact) mass is 292 g/mol. The molecular formula is C16H21FN2O2. The molecule has 1 aromatic heterocycles. The third kappa shape index (κ3) is 3.61. The standard InChI is InChI=1S/C16H21FN2O2/c1-3-10(4-2)15(20)9-18-16(21)14-8-11-7-12(17)5-6-13(11)19-14/h5-8,10,15,19-20H,3-4,9H2,1-2H3,(H,18,21). The number of hydrogen-bond acceptors (Lipinski definition) is 2. The third-order valence-electron chi connectivity index (χ3n) is 3.89. The number of fused-ring (bicyclic) bond motifs is 1. The van der Waals surface area contributed by atoms with Crippen LogP contribution in [-0.4, -0.2) is 28.6 Å². The van der Waals surface area contributed by atoms with E-state index in [0.29, 0.717) is 16.6 Å². The van der Waals surface area contributed by atoms with Gasteiger partial charge in [0, 0.05) is 17.4 Å². The van der Waals surface area contributed by atoms with E-state index in [4.69, 9.17) is 0 Å². The predicted octanol–water partition coefficient (Wildman–Crippen LogP) is 2.83. The minimum absolute atomic E-state index is 0.183. The number of hydrogen-bond donors (Lipinski definition) is 3. The minimum Gasteiger partial charge on any atom is -0.391 e. The Kier molecular flexibility index (Phi) is 4.96. The van der Waals surface area contributed by atoms with Crippen molar-refractivity contribution in [1.82, 2.24) is 10.3 Å². The van der Waals surface area contributed by atoms with E-state index < -0.39 is 6.10 Å². The first kappa shape index (κ1) is 15.5. The van der Waals surface area contributed by atoms with Crippen LogP contribution in [0.1, 0.15) is 37.2 Å². The van der Waals surface area contributed by atoms with Crippen LogP contribution in [0.2, 0.25) is 0 Å². The van der Waals surface area contributed by atoms with E-state index in [9.17, 15) is 14.3 Å². The van der Waals surface area contributed by atoms with E-state index in [1.807, 2.05) is 13.8 Å². The van der Waals surface area contributed by atoms with E-state index >= 15 is 0 Å². The Morgan fingerprint density at radius 1 is 1.33 bits per heavy atom. The summed E-state index contributed by atoms with van der Waals surface area (Å²) in [5.74, 6) is -0.448. The molecule has 0 fully saturated rings. The van der Waals surface area contributed by atoms with Crippen LogP contribution in [0.4, 0.5) is 4.39 Å². The van der Waals surface area contributed by atoms with Gasteiger partial charge in [0.15, 0.2) is 0 Å². The fraction of sp³-hybridized carbons (Fsp3) is 0.438. The van der Waals surface area contributed by atoms with Crippen LogP contribution in [-0.2, 0) is 0 Å². The summed E-state index contributed by atoms with van der Waals surface area (Å²) < 4.78 is 13.1. The number of aromatic amines is 1. The number of amides is 1. The lowest BCUT2D eigenvalue weighted by atomic mass is 9.96. The topological polar surface area (TPSA) is 65.1 Å². The zero-order chi connectivity index (χ0) is 15.4. The zero-order valence-electron chi connectivity index (χ0n) is 12.3. The summed E-state index contributed by atoms with van der Waals surface area (Å²) in [6.07, 6.45) is 1.20. The molecule has 0 bridgehead atoms. The fourth-order valence-electron chi connectivity index (χ4n) is 2.52. The molecule has 1 heterocycles. The molecular weight excluding hydrogens is 271 g/mol. The fourth-order valence-corrected chi connectivity index (χ4v) is 2.52. The maximum absolute atomic E-state index is 13.1. The molecule has 4 nitrogen and oxygen atoms in total. The number of carbonyl (C=O) groups excluding carboxylic acids is 1. The number of rotatable bonds is 6. The van der Waals surface area contributed by atoms with Gasteiger partial charge in [-0.1, -0.05) is 26.7 Å². The highest BCUT2D eigenvalue weighted by molar-refractivity contribution is 5.98. The lowest BCUT2D eigenvalue weighted by Crippen LogP contribution is -2.36. The van der Waals surface area contributed by atoms with E-state index in [0.717, 1.165) is 12.8 Å². The molecule has 0 aliphatic rings. The van der Waals surface area contributed by atoms with Crippen LogP contribution in [0, 0.1) is 11.7 Å². The van der Waals surface area contributed by atoms with Crippen LogP contribution in [0.25, 0.3) is 10.9 Å². The van der Waals surface area contributed by atoms with Crippen molar-refractivity contribution in [2.75, 3.05) is 6.54 Å². The van der Waals surface area contributed by atoms with Crippen LogP contribution in [0.5, 0.6) is 0 Å². The summed E-state index contributed by atoms with van der Waals surface area (Å²) in [4.78, 5) is 15.0. The molecule has 0 aliphatic heterocycles. The van der Waals surface area contributed by atoms with Crippen molar-refractivity contribution >= 4 is 16.8 Å². The molecule has 1 unspecified atom stereocenters. The summed E-state index contributed by atoms with van der Waals surface area (Å²) in [6.45, 7) is 4.26. The van der Waals surface area contributed by atoms with Crippen molar-refractivity contribution in [3.63, 3.8) is 0 Å². The number of aliphatic hydroxyl groups is 1. The lowest BCUT2D eigenvalue weighted by Gasteiger charge is -2.20. The molecule has 1 aromatic carbocycles. The van der Waals surface area contributed by atoms with Crippen LogP contribution < -0.4 is 5.32 Å². The summed E-state index contributed by atoms with van der Waals surface area (Å²) in [6, 6.07) is 5.93. The normalized spacial score (nSPS) is 12.8. The Morgan fingerprint density at radius 2 is 2.05 bits per heavy atom. The summed E-state index contributed by atoms with van der Waals surface area (Å²) in [7, 11) is 0. The number of halogens is 1. The quantitative estimate of drug-likeness (QED) is 0.766. The molecule has 2 rings (SSSR count). The van der Waals surface area contributed by atoms with Crippen molar-refractivity contribution in [2.45, 2.75) is 32.8 Å². The molecule has 0 aliphatic carbocycles. The van der Waals surface area contributed by atoms with E-state index in [1.165, 1.54) is 12.1 Å². The third-order valence-corrected chi connectivity index (χ3v) is 3.89. The number of aliphatic hydroxyl groups excluding tert-OH is 1. The van der Waals surface area contributed by atoms with Gasteiger partial charge >= 0.3 is 0 Å². The van der Waals surface area contributed by atoms with E-state index in [1.54, 1.807) is 12.1 Å². The Morgan fingerprint density at radius 3 is 2.71 bits per heavy atom. The van der Waals surface area contributed by atoms with Crippen LogP contribution in [0.3, 0.4) is 0 Å². The van der Waals surface area contributed by atoms with Gasteiger partial charge in [-0.3, -0.25) is 4.79 Å². The average Bonchev–Trinajstić information content (AvgIpc) is 2.89. The molecule has 114 valence electrons. The molecule has 0 saturated heterocycles. The van der Waals surface area contributed by atoms with Crippen molar-refractivity contribution < 1.29 is 14.3 Å². The first-order chi connectivity index (χ1) is 10.0. The molecule has 0 spiro atoms. The largest absolute Gasteiger partial charge is 0.391 e. The predicted molar refractivity (Wildman–Crippen MR) is 80.7 cm³/mol.